The van der Waals surface area contributed by atoms with Crippen LogP contribution < -0.4 is 5.32 Å². The highest BCUT2D eigenvalue weighted by Crippen LogP contribution is 2.39. The first kappa shape index (κ1) is 16.2. The number of carbonyl (C=O) groups excluding carboxylic acids is 1. The Kier molecular flexibility index (Phi) is 4.82. The van der Waals surface area contributed by atoms with Crippen molar-refractivity contribution in [3.8, 4) is 0 Å². The fourth-order valence-electron chi connectivity index (χ4n) is 3.00. The smallest absolute Gasteiger partial charge is 0.190 e. The van der Waals surface area contributed by atoms with Crippen LogP contribution in [0, 0.1) is 3.57 Å². The minimum absolute atomic E-state index is 0.0853. The number of para-hydroxylation sites is 1. The second kappa shape index (κ2) is 6.84. The van der Waals surface area contributed by atoms with Gasteiger partial charge < -0.3 is 10.1 Å². The van der Waals surface area contributed by atoms with Crippen LogP contribution in [0.3, 0.4) is 0 Å². The molecule has 1 aliphatic rings. The van der Waals surface area contributed by atoms with Gasteiger partial charge in [-0.25, -0.2) is 0 Å². The number of Topliss-reactive ketones (excluding diaryl/α,β-unsaturated/α-hetero) is 1. The third-order valence-electron chi connectivity index (χ3n) is 4.12. The maximum atomic E-state index is 12.8. The van der Waals surface area contributed by atoms with Gasteiger partial charge in [0.05, 0.1) is 11.4 Å². The molecule has 0 saturated carbocycles. The van der Waals surface area contributed by atoms with Gasteiger partial charge in [-0.1, -0.05) is 48.5 Å². The second-order valence-corrected chi connectivity index (χ2v) is 6.60. The number of ketones is 1. The van der Waals surface area contributed by atoms with Crippen molar-refractivity contribution in [3.63, 3.8) is 0 Å². The van der Waals surface area contributed by atoms with E-state index >= 15 is 0 Å². The molecule has 0 saturated heterocycles. The molecule has 2 aromatic rings. The van der Waals surface area contributed by atoms with E-state index in [0.29, 0.717) is 6.42 Å². The molecule has 0 fully saturated rings. The lowest BCUT2D eigenvalue weighted by atomic mass is 9.80. The Bertz CT molecular complexity index is 742. The van der Waals surface area contributed by atoms with E-state index in [9.17, 15) is 4.79 Å². The molecule has 1 aliphatic carbocycles. The first-order valence-electron chi connectivity index (χ1n) is 7.54. The molecule has 1 N–H and O–H groups in total. The van der Waals surface area contributed by atoms with Gasteiger partial charge in [0.25, 0.3) is 0 Å². The van der Waals surface area contributed by atoms with Gasteiger partial charge in [0, 0.05) is 17.1 Å². The van der Waals surface area contributed by atoms with E-state index < -0.39 is 5.60 Å². The molecule has 0 heterocycles. The van der Waals surface area contributed by atoms with Crippen molar-refractivity contribution < 1.29 is 9.53 Å². The minimum atomic E-state index is -1.06. The van der Waals surface area contributed by atoms with Crippen molar-refractivity contribution in [2.45, 2.75) is 18.4 Å². The number of methoxy groups -OCH3 is 1. The molecule has 3 rings (SSSR count). The number of hydrogen-bond acceptors (Lipinski definition) is 3. The van der Waals surface area contributed by atoms with Gasteiger partial charge in [0.15, 0.2) is 11.4 Å². The summed E-state index contributed by atoms with van der Waals surface area (Å²) in [6.45, 7) is 0. The van der Waals surface area contributed by atoms with E-state index in [1.807, 2.05) is 54.6 Å². The first-order chi connectivity index (χ1) is 11.2. The number of rotatable bonds is 4. The molecule has 0 aromatic heterocycles. The molecular formula is C19H18INO2. The van der Waals surface area contributed by atoms with Gasteiger partial charge in [-0.3, -0.25) is 4.79 Å². The third-order valence-corrected chi connectivity index (χ3v) is 5.06. The molecular weight excluding hydrogens is 401 g/mol. The summed E-state index contributed by atoms with van der Waals surface area (Å²) in [4.78, 5) is 12.8. The molecule has 0 amide bonds. The number of allylic oxidation sites excluding steroid dienone is 1. The average Bonchev–Trinajstić information content (AvgIpc) is 2.58. The van der Waals surface area contributed by atoms with Gasteiger partial charge in [0.1, 0.15) is 0 Å². The lowest BCUT2D eigenvalue weighted by Gasteiger charge is -2.37. The maximum Gasteiger partial charge on any atom is 0.190 e. The van der Waals surface area contributed by atoms with Crippen LogP contribution in [0.15, 0.2) is 66.4 Å². The first-order valence-corrected chi connectivity index (χ1v) is 8.62. The molecule has 1 atom stereocenters. The van der Waals surface area contributed by atoms with Crippen LogP contribution in [0.5, 0.6) is 0 Å². The van der Waals surface area contributed by atoms with Crippen LogP contribution >= 0.6 is 22.6 Å². The van der Waals surface area contributed by atoms with E-state index in [-0.39, 0.29) is 5.78 Å². The number of anilines is 1. The Morgan fingerprint density at radius 1 is 1.09 bits per heavy atom. The van der Waals surface area contributed by atoms with E-state index in [0.717, 1.165) is 26.9 Å². The zero-order valence-electron chi connectivity index (χ0n) is 12.9. The number of benzene rings is 2. The van der Waals surface area contributed by atoms with Crippen molar-refractivity contribution in [1.29, 1.82) is 0 Å². The van der Waals surface area contributed by atoms with Gasteiger partial charge in [0.2, 0.25) is 0 Å². The predicted octanol–water partition coefficient (Wildman–Crippen LogP) is 4.49. The molecule has 0 radical (unpaired) electrons. The zero-order valence-corrected chi connectivity index (χ0v) is 15.0. The number of hydrogen-bond donors (Lipinski definition) is 1. The Hall–Kier alpha value is -1.66. The maximum absolute atomic E-state index is 12.8. The van der Waals surface area contributed by atoms with E-state index in [4.69, 9.17) is 4.74 Å². The normalized spacial score (nSPS) is 21.0. The molecule has 4 heteroatoms. The van der Waals surface area contributed by atoms with Crippen LogP contribution in [0.25, 0.3) is 0 Å². The summed E-state index contributed by atoms with van der Waals surface area (Å²) in [6, 6.07) is 17.7. The van der Waals surface area contributed by atoms with Crippen molar-refractivity contribution in [2.75, 3.05) is 12.4 Å². The lowest BCUT2D eigenvalue weighted by Crippen LogP contribution is -2.44. The predicted molar refractivity (Wildman–Crippen MR) is 100 cm³/mol. The lowest BCUT2D eigenvalue weighted by molar-refractivity contribution is -0.138. The molecule has 2 aromatic carbocycles. The summed E-state index contributed by atoms with van der Waals surface area (Å²) in [6.07, 6.45) is 3.28. The molecule has 0 bridgehead atoms. The topological polar surface area (TPSA) is 38.3 Å². The fourth-order valence-corrected chi connectivity index (χ4v) is 3.52. The summed E-state index contributed by atoms with van der Waals surface area (Å²) in [5, 5.41) is 3.43. The van der Waals surface area contributed by atoms with Gasteiger partial charge in [-0.2, -0.15) is 0 Å². The highest BCUT2D eigenvalue weighted by Gasteiger charge is 2.45. The Balaban J connectivity index is 2.08. The van der Waals surface area contributed by atoms with Crippen LogP contribution in [-0.4, -0.2) is 12.9 Å². The third kappa shape index (κ3) is 2.93. The quantitative estimate of drug-likeness (QED) is 0.743. The van der Waals surface area contributed by atoms with Gasteiger partial charge in [-0.15, -0.1) is 0 Å². The Morgan fingerprint density at radius 2 is 1.78 bits per heavy atom. The van der Waals surface area contributed by atoms with Crippen molar-refractivity contribution in [3.05, 3.63) is 75.5 Å². The number of ether oxygens (including phenoxy) is 1. The number of carbonyl (C=O) groups is 1. The van der Waals surface area contributed by atoms with Crippen LogP contribution in [0.1, 0.15) is 18.4 Å². The summed E-state index contributed by atoms with van der Waals surface area (Å²) < 4.78 is 6.92. The average molecular weight is 419 g/mol. The Morgan fingerprint density at radius 3 is 2.48 bits per heavy atom. The molecule has 1 unspecified atom stereocenters. The van der Waals surface area contributed by atoms with E-state index in [1.165, 1.54) is 0 Å². The monoisotopic (exact) mass is 419 g/mol. The zero-order chi connectivity index (χ0) is 16.3. The van der Waals surface area contributed by atoms with E-state index in [2.05, 4.69) is 34.0 Å². The molecule has 23 heavy (non-hydrogen) atoms. The fraction of sp³-hybridized carbons (Fsp3) is 0.211. The largest absolute Gasteiger partial charge is 0.359 e. The van der Waals surface area contributed by atoms with Crippen LogP contribution in [0.4, 0.5) is 5.69 Å². The minimum Gasteiger partial charge on any atom is -0.359 e. The van der Waals surface area contributed by atoms with Crippen LogP contribution in [0.2, 0.25) is 0 Å². The van der Waals surface area contributed by atoms with Crippen LogP contribution in [-0.2, 0) is 15.1 Å². The molecule has 3 nitrogen and oxygen atoms in total. The molecule has 0 aliphatic heterocycles. The van der Waals surface area contributed by atoms with E-state index in [1.54, 1.807) is 7.11 Å². The Labute approximate surface area is 149 Å². The molecule has 0 spiro atoms. The summed E-state index contributed by atoms with van der Waals surface area (Å²) in [5.74, 6) is 0.0853. The molecule has 118 valence electrons. The van der Waals surface area contributed by atoms with Crippen molar-refractivity contribution in [1.82, 2.24) is 0 Å². The standard InChI is InChI=1S/C19H18INO2/c1-23-19(14-8-3-2-4-9-14)17(12-7-13-18(19)22)21-16-11-6-5-10-15(16)20/h2-6,8-12,21H,7,13H2,1H3. The summed E-state index contributed by atoms with van der Waals surface area (Å²) in [7, 11) is 1.60. The second-order valence-electron chi connectivity index (χ2n) is 5.44. The van der Waals surface area contributed by atoms with Crippen molar-refractivity contribution >= 4 is 34.1 Å². The SMILES string of the molecule is COC1(c2ccccc2)C(=O)CCC=C1Nc1ccccc1I. The number of nitrogens with one attached hydrogen (secondary N) is 1. The summed E-state index contributed by atoms with van der Waals surface area (Å²) in [5.41, 5.74) is 1.58. The summed E-state index contributed by atoms with van der Waals surface area (Å²) >= 11 is 2.28. The highest BCUT2D eigenvalue weighted by atomic mass is 127. The number of halogens is 1. The van der Waals surface area contributed by atoms with Crippen molar-refractivity contribution in [2.24, 2.45) is 0 Å². The van der Waals surface area contributed by atoms with Gasteiger partial charge in [-0.05, 0) is 46.7 Å². The highest BCUT2D eigenvalue weighted by molar-refractivity contribution is 14.1. The van der Waals surface area contributed by atoms with Gasteiger partial charge >= 0.3 is 0 Å².